The first-order valence-corrected chi connectivity index (χ1v) is 11.0. The van der Waals surface area contributed by atoms with E-state index in [-0.39, 0.29) is 0 Å². The Morgan fingerprint density at radius 2 is 1.75 bits per heavy atom. The molecular formula is C20H27N5O2S. The van der Waals surface area contributed by atoms with E-state index in [0.717, 1.165) is 29.2 Å². The van der Waals surface area contributed by atoms with Crippen molar-refractivity contribution in [1.29, 1.82) is 0 Å². The Hall–Kier alpha value is -2.45. The fourth-order valence-electron chi connectivity index (χ4n) is 3.05. The molecule has 0 unspecified atom stereocenters. The Morgan fingerprint density at radius 1 is 1.07 bits per heavy atom. The van der Waals surface area contributed by atoms with Gasteiger partial charge in [-0.25, -0.2) is 13.4 Å². The molecule has 0 spiro atoms. The average molecular weight is 402 g/mol. The number of piperazine rings is 1. The van der Waals surface area contributed by atoms with Crippen molar-refractivity contribution in [3.63, 3.8) is 0 Å². The first kappa shape index (κ1) is 20.3. The molecule has 3 rings (SSSR count). The number of aryl methyl sites for hydroxylation is 2. The highest BCUT2D eigenvalue weighted by Gasteiger charge is 2.26. The summed E-state index contributed by atoms with van der Waals surface area (Å²) in [6.07, 6.45) is 1.65. The van der Waals surface area contributed by atoms with Crippen LogP contribution in [0.15, 0.2) is 35.7 Å². The summed E-state index contributed by atoms with van der Waals surface area (Å²) in [7, 11) is -3.44. The van der Waals surface area contributed by atoms with Crippen molar-refractivity contribution in [2.45, 2.75) is 20.8 Å². The van der Waals surface area contributed by atoms with Crippen molar-refractivity contribution in [3.05, 3.63) is 52.6 Å². The van der Waals surface area contributed by atoms with Crippen molar-refractivity contribution in [2.75, 3.05) is 42.9 Å². The quantitative estimate of drug-likeness (QED) is 0.802. The number of benzene rings is 1. The molecular weight excluding hydrogens is 374 g/mol. The average Bonchev–Trinajstić information content (AvgIpc) is 2.67. The van der Waals surface area contributed by atoms with Gasteiger partial charge in [-0.15, -0.1) is 0 Å². The predicted molar refractivity (Wildman–Crippen MR) is 114 cm³/mol. The largest absolute Gasteiger partial charge is 0.354 e. The van der Waals surface area contributed by atoms with Gasteiger partial charge in [-0.05, 0) is 32.4 Å². The van der Waals surface area contributed by atoms with Crippen LogP contribution in [0, 0.1) is 13.8 Å². The van der Waals surface area contributed by atoms with Crippen LogP contribution in [0.5, 0.6) is 0 Å². The number of hydrogen-bond donors (Lipinski definition) is 1. The number of nitrogens with zero attached hydrogens (tertiary/aromatic N) is 4. The van der Waals surface area contributed by atoms with Crippen molar-refractivity contribution in [1.82, 2.24) is 14.3 Å². The lowest BCUT2D eigenvalue weighted by Gasteiger charge is -2.34. The van der Waals surface area contributed by atoms with Gasteiger partial charge in [0, 0.05) is 49.9 Å². The van der Waals surface area contributed by atoms with Gasteiger partial charge in [0.15, 0.2) is 0 Å². The summed E-state index contributed by atoms with van der Waals surface area (Å²) >= 11 is 0. The predicted octanol–water partition coefficient (Wildman–Crippen LogP) is 2.65. The third-order valence-electron chi connectivity index (χ3n) is 4.61. The minimum atomic E-state index is -3.44. The Morgan fingerprint density at radius 3 is 2.39 bits per heavy atom. The van der Waals surface area contributed by atoms with Crippen molar-refractivity contribution < 1.29 is 8.42 Å². The first-order valence-electron chi connectivity index (χ1n) is 9.47. The van der Waals surface area contributed by atoms with Gasteiger partial charge < -0.3 is 10.2 Å². The second kappa shape index (κ2) is 8.70. The molecule has 2 heterocycles. The van der Waals surface area contributed by atoms with Gasteiger partial charge in [0.25, 0.3) is 0 Å². The summed E-state index contributed by atoms with van der Waals surface area (Å²) in [4.78, 5) is 11.0. The van der Waals surface area contributed by atoms with Crippen LogP contribution in [-0.4, -0.2) is 55.4 Å². The zero-order valence-corrected chi connectivity index (χ0v) is 17.4. The molecule has 0 atom stereocenters. The van der Waals surface area contributed by atoms with E-state index in [1.807, 2.05) is 51.1 Å². The van der Waals surface area contributed by atoms with E-state index in [9.17, 15) is 8.42 Å². The molecule has 0 aliphatic carbocycles. The molecule has 1 aromatic carbocycles. The van der Waals surface area contributed by atoms with Gasteiger partial charge in [0.1, 0.15) is 5.82 Å². The Balaban J connectivity index is 1.65. The van der Waals surface area contributed by atoms with E-state index in [0.29, 0.717) is 32.1 Å². The molecule has 2 aromatic rings. The normalized spacial score (nSPS) is 15.9. The van der Waals surface area contributed by atoms with Crippen LogP contribution in [0.25, 0.3) is 6.08 Å². The van der Waals surface area contributed by atoms with Crippen molar-refractivity contribution in [2.24, 2.45) is 0 Å². The minimum Gasteiger partial charge on any atom is -0.354 e. The van der Waals surface area contributed by atoms with Crippen LogP contribution in [0.2, 0.25) is 0 Å². The van der Waals surface area contributed by atoms with E-state index in [2.05, 4.69) is 20.2 Å². The van der Waals surface area contributed by atoms with E-state index in [4.69, 9.17) is 0 Å². The number of sulfonamides is 1. The monoisotopic (exact) mass is 401 g/mol. The Bertz CT molecular complexity index is 934. The second-order valence-electron chi connectivity index (χ2n) is 6.87. The van der Waals surface area contributed by atoms with Crippen LogP contribution in [0.4, 0.5) is 11.8 Å². The molecule has 1 N–H and O–H groups in total. The van der Waals surface area contributed by atoms with Gasteiger partial charge in [0.2, 0.25) is 16.0 Å². The first-order chi connectivity index (χ1) is 13.4. The second-order valence-corrected chi connectivity index (χ2v) is 8.68. The fraction of sp³-hybridized carbons (Fsp3) is 0.400. The highest BCUT2D eigenvalue weighted by atomic mass is 32.2. The van der Waals surface area contributed by atoms with Crippen molar-refractivity contribution in [3.8, 4) is 0 Å². The molecule has 1 aromatic heterocycles. The van der Waals surface area contributed by atoms with E-state index in [1.54, 1.807) is 6.08 Å². The number of hydrogen-bond acceptors (Lipinski definition) is 6. The van der Waals surface area contributed by atoms with Gasteiger partial charge in [-0.3, -0.25) is 0 Å². The summed E-state index contributed by atoms with van der Waals surface area (Å²) in [5.74, 6) is 1.43. The van der Waals surface area contributed by atoms with Crippen molar-refractivity contribution >= 4 is 27.9 Å². The van der Waals surface area contributed by atoms with Gasteiger partial charge in [0.05, 0.1) is 0 Å². The highest BCUT2D eigenvalue weighted by Crippen LogP contribution is 2.19. The molecule has 0 radical (unpaired) electrons. The van der Waals surface area contributed by atoms with E-state index < -0.39 is 10.0 Å². The van der Waals surface area contributed by atoms with Gasteiger partial charge >= 0.3 is 0 Å². The molecule has 1 aliphatic rings. The molecule has 28 heavy (non-hydrogen) atoms. The van der Waals surface area contributed by atoms with Crippen LogP contribution in [-0.2, 0) is 10.0 Å². The molecule has 7 nitrogen and oxygen atoms in total. The molecule has 150 valence electrons. The maximum Gasteiger partial charge on any atom is 0.236 e. The molecule has 1 saturated heterocycles. The molecule has 8 heteroatoms. The topological polar surface area (TPSA) is 78.4 Å². The fourth-order valence-corrected chi connectivity index (χ4v) is 4.22. The highest BCUT2D eigenvalue weighted by molar-refractivity contribution is 7.92. The summed E-state index contributed by atoms with van der Waals surface area (Å²) in [5, 5.41) is 4.43. The van der Waals surface area contributed by atoms with Crippen LogP contribution in [0.3, 0.4) is 0 Å². The zero-order chi connectivity index (χ0) is 20.1. The van der Waals surface area contributed by atoms with Crippen LogP contribution in [0.1, 0.15) is 23.7 Å². The Kier molecular flexibility index (Phi) is 6.31. The lowest BCUT2D eigenvalue weighted by Crippen LogP contribution is -2.48. The molecule has 1 fully saturated rings. The standard InChI is InChI=1S/C20H27N5O2S/c1-4-21-20-22-17(3)15-19(23-20)24-10-12-25(13-11-24)28(26,27)14-9-18-7-5-16(2)6-8-18/h5-9,14-15H,4,10-13H2,1-3H3,(H,21,22,23)/b14-9+. The number of nitrogens with one attached hydrogen (secondary N) is 1. The summed E-state index contributed by atoms with van der Waals surface area (Å²) < 4.78 is 26.8. The third kappa shape index (κ3) is 5.08. The van der Waals surface area contributed by atoms with Crippen LogP contribution >= 0.6 is 0 Å². The molecule has 0 bridgehead atoms. The number of anilines is 2. The zero-order valence-electron chi connectivity index (χ0n) is 16.6. The third-order valence-corrected chi connectivity index (χ3v) is 6.17. The number of rotatable bonds is 6. The Labute approximate surface area is 167 Å². The minimum absolute atomic E-state index is 0.431. The smallest absolute Gasteiger partial charge is 0.236 e. The SMILES string of the molecule is CCNc1nc(C)cc(N2CCN(S(=O)(=O)/C=C/c3ccc(C)cc3)CC2)n1. The summed E-state index contributed by atoms with van der Waals surface area (Å²) in [6.45, 7) is 8.74. The number of aromatic nitrogens is 2. The summed E-state index contributed by atoms with van der Waals surface area (Å²) in [6, 6.07) is 9.70. The van der Waals surface area contributed by atoms with Crippen LogP contribution < -0.4 is 10.2 Å². The van der Waals surface area contributed by atoms with E-state index in [1.165, 1.54) is 9.71 Å². The summed E-state index contributed by atoms with van der Waals surface area (Å²) in [5.41, 5.74) is 2.91. The lowest BCUT2D eigenvalue weighted by atomic mass is 10.2. The maximum atomic E-state index is 12.6. The maximum absolute atomic E-state index is 12.6. The lowest BCUT2D eigenvalue weighted by molar-refractivity contribution is 0.389. The molecule has 1 aliphatic heterocycles. The van der Waals surface area contributed by atoms with Gasteiger partial charge in [-0.1, -0.05) is 29.8 Å². The molecule has 0 saturated carbocycles. The van der Waals surface area contributed by atoms with Gasteiger partial charge in [-0.2, -0.15) is 9.29 Å². The van der Waals surface area contributed by atoms with E-state index >= 15 is 0 Å². The molecule has 0 amide bonds.